The van der Waals surface area contributed by atoms with Crippen LogP contribution in [0.4, 0.5) is 4.39 Å². The Morgan fingerprint density at radius 1 is 1.20 bits per heavy atom. The van der Waals surface area contributed by atoms with E-state index >= 15 is 0 Å². The van der Waals surface area contributed by atoms with Crippen molar-refractivity contribution in [2.75, 3.05) is 6.61 Å². The molecule has 0 saturated carbocycles. The zero-order valence-corrected chi connectivity index (χ0v) is 13.7. The molecule has 1 heterocycles. The molecule has 0 saturated heterocycles. The normalized spacial score (nSPS) is 10.6. The fourth-order valence-corrected chi connectivity index (χ4v) is 2.28. The molecule has 0 atom stereocenters. The molecule has 6 nitrogen and oxygen atoms in total. The molecule has 128 valence electrons. The third-order valence-corrected chi connectivity index (χ3v) is 3.56. The lowest BCUT2D eigenvalue weighted by atomic mass is 10.1. The Bertz CT molecular complexity index is 865. The number of halogens is 1. The van der Waals surface area contributed by atoms with E-state index in [1.54, 1.807) is 13.0 Å². The van der Waals surface area contributed by atoms with Gasteiger partial charge in [-0.15, -0.1) is 10.2 Å². The van der Waals surface area contributed by atoms with Crippen LogP contribution in [0.25, 0.3) is 11.4 Å². The molecule has 0 fully saturated rings. The molecule has 25 heavy (non-hydrogen) atoms. The van der Waals surface area contributed by atoms with Crippen molar-refractivity contribution in [1.29, 1.82) is 0 Å². The molecule has 1 aromatic heterocycles. The summed E-state index contributed by atoms with van der Waals surface area (Å²) in [4.78, 5) is 13.4. The summed E-state index contributed by atoms with van der Waals surface area (Å²) in [5, 5.41) is 12.2. The van der Waals surface area contributed by atoms with Gasteiger partial charge in [0.2, 0.25) is 5.82 Å². The van der Waals surface area contributed by atoms with Crippen LogP contribution in [0, 0.1) is 12.7 Å². The van der Waals surface area contributed by atoms with E-state index in [4.69, 9.17) is 4.74 Å². The van der Waals surface area contributed by atoms with Crippen molar-refractivity contribution in [3.05, 3.63) is 65.5 Å². The number of aryl methyl sites for hydroxylation is 2. The molecule has 3 aromatic rings. The van der Waals surface area contributed by atoms with Gasteiger partial charge in [-0.1, -0.05) is 42.0 Å². The molecule has 0 amide bonds. The highest BCUT2D eigenvalue weighted by Crippen LogP contribution is 2.13. The summed E-state index contributed by atoms with van der Waals surface area (Å²) in [7, 11) is 0. The van der Waals surface area contributed by atoms with Gasteiger partial charge in [-0.3, -0.25) is 0 Å². The first kappa shape index (κ1) is 16.8. The number of hydrogen-bond acceptors (Lipinski definition) is 5. The van der Waals surface area contributed by atoms with Gasteiger partial charge in [0.1, 0.15) is 5.82 Å². The van der Waals surface area contributed by atoms with E-state index in [1.165, 1.54) is 16.9 Å². The van der Waals surface area contributed by atoms with Crippen LogP contribution in [0.5, 0.6) is 0 Å². The van der Waals surface area contributed by atoms with Crippen LogP contribution in [-0.2, 0) is 11.3 Å². The molecule has 0 aliphatic heterocycles. The summed E-state index contributed by atoms with van der Waals surface area (Å²) < 4.78 is 18.7. The summed E-state index contributed by atoms with van der Waals surface area (Å²) in [6, 6.07) is 13.9. The number of carbonyl (C=O) groups excluding carboxylic acids is 1. The van der Waals surface area contributed by atoms with Crippen molar-refractivity contribution < 1.29 is 13.9 Å². The summed E-state index contributed by atoms with van der Waals surface area (Å²) in [6.45, 7) is 2.38. The van der Waals surface area contributed by atoms with E-state index in [1.807, 2.05) is 30.3 Å². The lowest BCUT2D eigenvalue weighted by Crippen LogP contribution is -2.11. The first-order chi connectivity index (χ1) is 12.1. The Balaban J connectivity index is 1.50. The number of rotatable bonds is 6. The molecule has 3 rings (SSSR count). The molecule has 0 unspecified atom stereocenters. The van der Waals surface area contributed by atoms with E-state index in [9.17, 15) is 9.18 Å². The van der Waals surface area contributed by atoms with Gasteiger partial charge in [0.25, 0.3) is 0 Å². The Morgan fingerprint density at radius 3 is 2.80 bits per heavy atom. The fourth-order valence-electron chi connectivity index (χ4n) is 2.28. The second-order valence-electron chi connectivity index (χ2n) is 5.55. The molecular weight excluding hydrogens is 323 g/mol. The van der Waals surface area contributed by atoms with Crippen LogP contribution < -0.4 is 0 Å². The van der Waals surface area contributed by atoms with Gasteiger partial charge >= 0.3 is 5.97 Å². The van der Waals surface area contributed by atoms with Crippen molar-refractivity contribution in [3.63, 3.8) is 0 Å². The lowest BCUT2D eigenvalue weighted by molar-refractivity contribution is 0.0488. The molecule has 0 aliphatic carbocycles. The number of benzene rings is 2. The number of carbonyl (C=O) groups is 1. The lowest BCUT2D eigenvalue weighted by Gasteiger charge is -2.06. The van der Waals surface area contributed by atoms with Crippen molar-refractivity contribution in [1.82, 2.24) is 20.2 Å². The Kier molecular flexibility index (Phi) is 5.13. The summed E-state index contributed by atoms with van der Waals surface area (Å²) in [5.41, 5.74) is 1.63. The number of hydrogen-bond donors (Lipinski definition) is 0. The number of ether oxygens (including phenoxy) is 1. The van der Waals surface area contributed by atoms with Crippen molar-refractivity contribution in [2.45, 2.75) is 19.9 Å². The molecule has 2 aromatic carbocycles. The van der Waals surface area contributed by atoms with E-state index in [0.717, 1.165) is 11.1 Å². The minimum absolute atomic E-state index is 0.0507. The number of tetrazole rings is 1. The first-order valence-electron chi connectivity index (χ1n) is 7.90. The quantitative estimate of drug-likeness (QED) is 0.509. The third-order valence-electron chi connectivity index (χ3n) is 3.56. The van der Waals surface area contributed by atoms with Gasteiger partial charge in [-0.05, 0) is 24.3 Å². The largest absolute Gasteiger partial charge is 0.462 e. The minimum atomic E-state index is -0.669. The Labute approximate surface area is 144 Å². The zero-order valence-electron chi connectivity index (χ0n) is 13.7. The van der Waals surface area contributed by atoms with Crippen LogP contribution in [-0.4, -0.2) is 32.8 Å². The van der Waals surface area contributed by atoms with Crippen LogP contribution >= 0.6 is 0 Å². The van der Waals surface area contributed by atoms with E-state index in [0.29, 0.717) is 18.8 Å². The maximum absolute atomic E-state index is 13.6. The number of nitrogens with zero attached hydrogens (tertiary/aromatic N) is 4. The van der Waals surface area contributed by atoms with Gasteiger partial charge < -0.3 is 4.74 Å². The highest BCUT2D eigenvalue weighted by atomic mass is 19.1. The van der Waals surface area contributed by atoms with Crippen molar-refractivity contribution in [2.24, 2.45) is 0 Å². The predicted molar refractivity (Wildman–Crippen MR) is 89.3 cm³/mol. The molecular formula is C18H17FN4O2. The average Bonchev–Trinajstić information content (AvgIpc) is 3.10. The molecule has 7 heteroatoms. The second kappa shape index (κ2) is 7.65. The highest BCUT2D eigenvalue weighted by Gasteiger charge is 2.13. The zero-order chi connectivity index (χ0) is 17.6. The standard InChI is InChI=1S/C18H17FN4O2/c1-13-8-9-16(19)15(12-13)18(24)25-11-5-10-23-21-17(20-22-23)14-6-3-2-4-7-14/h2-4,6-9,12H,5,10-11H2,1H3. The van der Waals surface area contributed by atoms with Gasteiger partial charge in [0.05, 0.1) is 18.7 Å². The van der Waals surface area contributed by atoms with Crippen LogP contribution in [0.1, 0.15) is 22.3 Å². The molecule has 0 aliphatic rings. The Hall–Kier alpha value is -3.09. The van der Waals surface area contributed by atoms with E-state index in [2.05, 4.69) is 15.4 Å². The third kappa shape index (κ3) is 4.26. The number of aromatic nitrogens is 4. The SMILES string of the molecule is Cc1ccc(F)c(C(=O)OCCCn2nnc(-c3ccccc3)n2)c1. The van der Waals surface area contributed by atoms with Gasteiger partial charge in [0.15, 0.2) is 0 Å². The van der Waals surface area contributed by atoms with Gasteiger partial charge in [-0.2, -0.15) is 4.80 Å². The molecule has 0 radical (unpaired) electrons. The van der Waals surface area contributed by atoms with E-state index < -0.39 is 11.8 Å². The smallest absolute Gasteiger partial charge is 0.341 e. The predicted octanol–water partition coefficient (Wildman–Crippen LogP) is 3.03. The van der Waals surface area contributed by atoms with Crippen LogP contribution in [0.15, 0.2) is 48.5 Å². The number of esters is 1. The maximum Gasteiger partial charge on any atom is 0.341 e. The van der Waals surface area contributed by atoms with E-state index in [-0.39, 0.29) is 12.2 Å². The summed E-state index contributed by atoms with van der Waals surface area (Å²) in [5.74, 6) is -0.710. The summed E-state index contributed by atoms with van der Waals surface area (Å²) in [6.07, 6.45) is 0.504. The second-order valence-corrected chi connectivity index (χ2v) is 5.55. The summed E-state index contributed by atoms with van der Waals surface area (Å²) >= 11 is 0. The minimum Gasteiger partial charge on any atom is -0.462 e. The van der Waals surface area contributed by atoms with Crippen LogP contribution in [0.2, 0.25) is 0 Å². The maximum atomic E-state index is 13.6. The average molecular weight is 340 g/mol. The monoisotopic (exact) mass is 340 g/mol. The topological polar surface area (TPSA) is 69.9 Å². The Morgan fingerprint density at radius 2 is 2.00 bits per heavy atom. The molecule has 0 N–H and O–H groups in total. The highest BCUT2D eigenvalue weighted by molar-refractivity contribution is 5.89. The van der Waals surface area contributed by atoms with Gasteiger partial charge in [0, 0.05) is 12.0 Å². The first-order valence-corrected chi connectivity index (χ1v) is 7.90. The molecule has 0 spiro atoms. The van der Waals surface area contributed by atoms with Crippen molar-refractivity contribution >= 4 is 5.97 Å². The van der Waals surface area contributed by atoms with Crippen LogP contribution in [0.3, 0.4) is 0 Å². The fraction of sp³-hybridized carbons (Fsp3) is 0.222. The molecule has 0 bridgehead atoms. The van der Waals surface area contributed by atoms with Crippen molar-refractivity contribution in [3.8, 4) is 11.4 Å². The van der Waals surface area contributed by atoms with Gasteiger partial charge in [-0.25, -0.2) is 9.18 Å².